The average molecular weight is 274 g/mol. The molecule has 0 radical (unpaired) electrons. The summed E-state index contributed by atoms with van der Waals surface area (Å²) >= 11 is 0. The Labute approximate surface area is 116 Å². The highest BCUT2D eigenvalue weighted by Gasteiger charge is 2.43. The average Bonchev–Trinajstić information content (AvgIpc) is 2.83. The topological polar surface area (TPSA) is 55.1 Å². The molecule has 2 aromatic rings. The molecule has 1 atom stereocenters. The Morgan fingerprint density at radius 3 is 2.80 bits per heavy atom. The zero-order chi connectivity index (χ0) is 14.5. The standard InChI is InChI=1S/C15H15FN2O2/c1-8-11(9(2)20-18-8)7-15(3)12-6-10(16)4-5-13(12)17-14(15)19/h4-6H,7H2,1-3H3,(H,17,19). The first kappa shape index (κ1) is 12.8. The highest BCUT2D eigenvalue weighted by molar-refractivity contribution is 6.06. The van der Waals surface area contributed by atoms with E-state index in [1.54, 1.807) is 6.07 Å². The molecule has 0 bridgehead atoms. The summed E-state index contributed by atoms with van der Waals surface area (Å²) in [6.07, 6.45) is 0.441. The van der Waals surface area contributed by atoms with Gasteiger partial charge in [0.1, 0.15) is 11.6 Å². The van der Waals surface area contributed by atoms with E-state index in [1.165, 1.54) is 12.1 Å². The number of amides is 1. The summed E-state index contributed by atoms with van der Waals surface area (Å²) in [4.78, 5) is 12.3. The molecule has 1 aromatic heterocycles. The molecule has 5 heteroatoms. The number of aromatic nitrogens is 1. The zero-order valence-electron chi connectivity index (χ0n) is 11.6. The Hall–Kier alpha value is -2.17. The smallest absolute Gasteiger partial charge is 0.235 e. The summed E-state index contributed by atoms with van der Waals surface area (Å²) in [6, 6.07) is 4.37. The van der Waals surface area contributed by atoms with Crippen molar-refractivity contribution in [3.63, 3.8) is 0 Å². The van der Waals surface area contributed by atoms with Gasteiger partial charge in [-0.1, -0.05) is 5.16 Å². The number of nitrogens with one attached hydrogen (secondary N) is 1. The van der Waals surface area contributed by atoms with Gasteiger partial charge in [0.25, 0.3) is 0 Å². The SMILES string of the molecule is Cc1noc(C)c1CC1(C)C(=O)Nc2ccc(F)cc21. The lowest BCUT2D eigenvalue weighted by Crippen LogP contribution is -2.33. The number of nitrogens with zero attached hydrogens (tertiary/aromatic N) is 1. The van der Waals surface area contributed by atoms with Crippen LogP contribution in [0.2, 0.25) is 0 Å². The summed E-state index contributed by atoms with van der Waals surface area (Å²) in [5.41, 5.74) is 2.22. The number of fused-ring (bicyclic) bond motifs is 1. The molecule has 104 valence electrons. The second kappa shape index (κ2) is 4.16. The maximum atomic E-state index is 13.5. The van der Waals surface area contributed by atoms with E-state index in [4.69, 9.17) is 4.52 Å². The molecule has 3 rings (SSSR count). The van der Waals surface area contributed by atoms with Gasteiger partial charge >= 0.3 is 0 Å². The van der Waals surface area contributed by atoms with Crippen molar-refractivity contribution in [1.29, 1.82) is 0 Å². The summed E-state index contributed by atoms with van der Waals surface area (Å²) in [6.45, 7) is 5.48. The van der Waals surface area contributed by atoms with Crippen LogP contribution in [0.15, 0.2) is 22.7 Å². The second-order valence-electron chi connectivity index (χ2n) is 5.46. The minimum absolute atomic E-state index is 0.127. The molecule has 1 N–H and O–H groups in total. The van der Waals surface area contributed by atoms with Crippen LogP contribution in [0.3, 0.4) is 0 Å². The Morgan fingerprint density at radius 2 is 2.15 bits per heavy atom. The van der Waals surface area contributed by atoms with Crippen LogP contribution < -0.4 is 5.32 Å². The van der Waals surface area contributed by atoms with Crippen molar-refractivity contribution >= 4 is 11.6 Å². The third-order valence-electron chi connectivity index (χ3n) is 4.04. The van der Waals surface area contributed by atoms with Crippen LogP contribution in [0.1, 0.15) is 29.5 Å². The monoisotopic (exact) mass is 274 g/mol. The van der Waals surface area contributed by atoms with Crippen LogP contribution in [0.5, 0.6) is 0 Å². The number of rotatable bonds is 2. The number of carbonyl (C=O) groups is 1. The van der Waals surface area contributed by atoms with Crippen molar-refractivity contribution in [3.05, 3.63) is 46.6 Å². The van der Waals surface area contributed by atoms with Gasteiger partial charge in [0.05, 0.1) is 11.1 Å². The van der Waals surface area contributed by atoms with E-state index >= 15 is 0 Å². The van der Waals surface area contributed by atoms with Crippen LogP contribution >= 0.6 is 0 Å². The van der Waals surface area contributed by atoms with Gasteiger partial charge in [-0.3, -0.25) is 4.79 Å². The fraction of sp³-hybridized carbons (Fsp3) is 0.333. The van der Waals surface area contributed by atoms with E-state index < -0.39 is 5.41 Å². The lowest BCUT2D eigenvalue weighted by atomic mass is 9.78. The van der Waals surface area contributed by atoms with Gasteiger partial charge in [0, 0.05) is 11.3 Å². The van der Waals surface area contributed by atoms with Crippen LogP contribution in [0.25, 0.3) is 0 Å². The summed E-state index contributed by atoms with van der Waals surface area (Å²) in [7, 11) is 0. The molecule has 2 heterocycles. The van der Waals surface area contributed by atoms with Gasteiger partial charge < -0.3 is 9.84 Å². The molecule has 1 aliphatic heterocycles. The maximum absolute atomic E-state index is 13.5. The van der Waals surface area contributed by atoms with Crippen LogP contribution in [0.4, 0.5) is 10.1 Å². The van der Waals surface area contributed by atoms with E-state index in [-0.39, 0.29) is 11.7 Å². The fourth-order valence-corrected chi connectivity index (χ4v) is 2.75. The molecular weight excluding hydrogens is 259 g/mol. The third kappa shape index (κ3) is 1.73. The molecule has 0 spiro atoms. The van der Waals surface area contributed by atoms with E-state index in [1.807, 2.05) is 20.8 Å². The first-order valence-electron chi connectivity index (χ1n) is 6.45. The molecule has 0 fully saturated rings. The molecular formula is C15H15FN2O2. The predicted molar refractivity (Wildman–Crippen MR) is 72.1 cm³/mol. The van der Waals surface area contributed by atoms with Crippen molar-refractivity contribution in [3.8, 4) is 0 Å². The van der Waals surface area contributed by atoms with Crippen molar-refractivity contribution in [2.75, 3.05) is 5.32 Å². The molecule has 1 unspecified atom stereocenters. The largest absolute Gasteiger partial charge is 0.361 e. The molecule has 1 amide bonds. The quantitative estimate of drug-likeness (QED) is 0.916. The Bertz CT molecular complexity index is 688. The molecule has 1 aromatic carbocycles. The molecule has 0 aliphatic carbocycles. The van der Waals surface area contributed by atoms with Gasteiger partial charge in [-0.2, -0.15) is 0 Å². The summed E-state index contributed by atoms with van der Waals surface area (Å²) in [5, 5.41) is 6.72. The lowest BCUT2D eigenvalue weighted by molar-refractivity contribution is -0.120. The number of hydrogen-bond donors (Lipinski definition) is 1. The van der Waals surface area contributed by atoms with E-state index in [0.717, 1.165) is 11.3 Å². The molecule has 4 nitrogen and oxygen atoms in total. The Kier molecular flexibility index (Phi) is 2.67. The van der Waals surface area contributed by atoms with E-state index in [9.17, 15) is 9.18 Å². The molecule has 1 aliphatic rings. The van der Waals surface area contributed by atoms with Crippen LogP contribution in [-0.2, 0) is 16.6 Å². The van der Waals surface area contributed by atoms with E-state index in [2.05, 4.69) is 10.5 Å². The first-order chi connectivity index (χ1) is 9.41. The van der Waals surface area contributed by atoms with Gasteiger partial charge in [-0.05, 0) is 51.0 Å². The van der Waals surface area contributed by atoms with Gasteiger partial charge in [0.15, 0.2) is 0 Å². The molecule has 0 saturated carbocycles. The predicted octanol–water partition coefficient (Wildman–Crippen LogP) is 2.88. The highest BCUT2D eigenvalue weighted by Crippen LogP contribution is 2.41. The van der Waals surface area contributed by atoms with Gasteiger partial charge in [-0.15, -0.1) is 0 Å². The van der Waals surface area contributed by atoms with Crippen LogP contribution in [-0.4, -0.2) is 11.1 Å². The summed E-state index contributed by atoms with van der Waals surface area (Å²) < 4.78 is 18.6. The number of carbonyl (C=O) groups excluding carboxylic acids is 1. The van der Waals surface area contributed by atoms with Crippen molar-refractivity contribution in [2.45, 2.75) is 32.6 Å². The van der Waals surface area contributed by atoms with Crippen molar-refractivity contribution in [1.82, 2.24) is 5.16 Å². The van der Waals surface area contributed by atoms with Crippen LogP contribution in [0, 0.1) is 19.7 Å². The number of halogens is 1. The summed E-state index contributed by atoms with van der Waals surface area (Å²) in [5.74, 6) is 0.227. The minimum Gasteiger partial charge on any atom is -0.361 e. The maximum Gasteiger partial charge on any atom is 0.235 e. The Morgan fingerprint density at radius 1 is 1.40 bits per heavy atom. The van der Waals surface area contributed by atoms with Gasteiger partial charge in [-0.25, -0.2) is 4.39 Å². The van der Waals surface area contributed by atoms with Gasteiger partial charge in [0.2, 0.25) is 5.91 Å². The molecule has 20 heavy (non-hydrogen) atoms. The van der Waals surface area contributed by atoms with Crippen molar-refractivity contribution in [2.24, 2.45) is 0 Å². The normalized spacial score (nSPS) is 20.9. The highest BCUT2D eigenvalue weighted by atomic mass is 19.1. The minimum atomic E-state index is -0.807. The third-order valence-corrected chi connectivity index (χ3v) is 4.04. The first-order valence-corrected chi connectivity index (χ1v) is 6.45. The van der Waals surface area contributed by atoms with E-state index in [0.29, 0.717) is 23.4 Å². The lowest BCUT2D eigenvalue weighted by Gasteiger charge is -2.22. The second-order valence-corrected chi connectivity index (χ2v) is 5.46. The number of hydrogen-bond acceptors (Lipinski definition) is 3. The zero-order valence-corrected chi connectivity index (χ0v) is 11.6. The fourth-order valence-electron chi connectivity index (χ4n) is 2.75. The number of anilines is 1. The van der Waals surface area contributed by atoms with Crippen molar-refractivity contribution < 1.29 is 13.7 Å². The number of aryl methyl sites for hydroxylation is 2. The Balaban J connectivity index is 2.09. The number of benzene rings is 1. The molecule has 0 saturated heterocycles.